The lowest BCUT2D eigenvalue weighted by Gasteiger charge is -2.61. The van der Waals surface area contributed by atoms with Crippen molar-refractivity contribution in [3.63, 3.8) is 0 Å². The molecular formula is C31H38N2O12. The van der Waals surface area contributed by atoms with Crippen LogP contribution in [0.4, 0.5) is 0 Å². The molecule has 3 aliphatic carbocycles. The fourth-order valence-corrected chi connectivity index (χ4v) is 8.11. The van der Waals surface area contributed by atoms with E-state index in [9.17, 15) is 29.7 Å². The van der Waals surface area contributed by atoms with Crippen molar-refractivity contribution in [2.75, 3.05) is 47.6 Å². The molecule has 6 rings (SSSR count). The Bertz CT molecular complexity index is 1510. The molecule has 4 N–H and O–H groups in total. The van der Waals surface area contributed by atoms with Crippen LogP contribution in [0.3, 0.4) is 0 Å². The molecule has 0 unspecified atom stereocenters. The number of fused-ring (bicyclic) bond motifs is 6. The summed E-state index contributed by atoms with van der Waals surface area (Å²) in [5.41, 5.74) is -2.02. The first kappa shape index (κ1) is 31.6. The number of methoxy groups -OCH3 is 1. The fourth-order valence-electron chi connectivity index (χ4n) is 8.11. The van der Waals surface area contributed by atoms with Gasteiger partial charge >= 0.3 is 5.97 Å². The number of benzene rings is 1. The van der Waals surface area contributed by atoms with Crippen LogP contribution in [0.1, 0.15) is 37.8 Å². The smallest absolute Gasteiger partial charge is 0.307 e. The second-order valence-electron chi connectivity index (χ2n) is 12.2. The van der Waals surface area contributed by atoms with Gasteiger partial charge in [0.1, 0.15) is 22.8 Å². The van der Waals surface area contributed by atoms with Crippen LogP contribution in [-0.2, 0) is 43.9 Å². The van der Waals surface area contributed by atoms with Crippen molar-refractivity contribution >= 4 is 17.8 Å². The molecule has 0 bridgehead atoms. The zero-order chi connectivity index (χ0) is 32.6. The average molecular weight is 631 g/mol. The number of rotatable bonds is 4. The summed E-state index contributed by atoms with van der Waals surface area (Å²) in [4.78, 5) is 40.1. The van der Waals surface area contributed by atoms with E-state index in [1.54, 1.807) is 31.1 Å². The number of esters is 1. The van der Waals surface area contributed by atoms with Gasteiger partial charge in [-0.25, -0.2) is 0 Å². The standard InChI is InChI=1S/C31H38N2O12/c1-14-17-8-7-9-18(40-6)20(17)30(41-10-11-42-30)21-19(14)25(36)22-24(33(4)5)26(45-16(3)35)23(28(38)32-15(2)34)31(43-12-13-44-31)29(22,39)27(21)37/h7-9,14,19,22,24-25,36-37,39H,10-13H2,1-6H3,(H,32,34,38)/t14-,19+,22+,24-,25-,29-/m0/s1. The first-order valence-electron chi connectivity index (χ1n) is 14.8. The number of amides is 2. The Kier molecular flexibility index (Phi) is 7.63. The zero-order valence-corrected chi connectivity index (χ0v) is 25.9. The highest BCUT2D eigenvalue weighted by Crippen LogP contribution is 2.65. The molecule has 0 saturated carbocycles. The average Bonchev–Trinajstić information content (AvgIpc) is 3.66. The summed E-state index contributed by atoms with van der Waals surface area (Å²) in [6, 6.07) is 4.17. The summed E-state index contributed by atoms with van der Waals surface area (Å²) < 4.78 is 36.1. The quantitative estimate of drug-likeness (QED) is 0.334. The first-order valence-corrected chi connectivity index (χ1v) is 14.8. The van der Waals surface area contributed by atoms with E-state index < -0.39 is 76.2 Å². The third kappa shape index (κ3) is 4.10. The second-order valence-corrected chi connectivity index (χ2v) is 12.2. The van der Waals surface area contributed by atoms with E-state index in [1.807, 2.05) is 13.0 Å². The van der Waals surface area contributed by atoms with Crippen molar-refractivity contribution in [2.24, 2.45) is 11.8 Å². The van der Waals surface area contributed by atoms with Gasteiger partial charge in [0.25, 0.3) is 5.91 Å². The number of carbonyl (C=O) groups excluding carboxylic acids is 3. The van der Waals surface area contributed by atoms with Crippen LogP contribution in [0.25, 0.3) is 0 Å². The molecule has 2 aliphatic heterocycles. The summed E-state index contributed by atoms with van der Waals surface area (Å²) in [7, 11) is 4.69. The predicted molar refractivity (Wildman–Crippen MR) is 152 cm³/mol. The topological polar surface area (TPSA) is 183 Å². The van der Waals surface area contributed by atoms with Crippen LogP contribution in [0.2, 0.25) is 0 Å². The lowest BCUT2D eigenvalue weighted by Crippen LogP contribution is -2.76. The van der Waals surface area contributed by atoms with Gasteiger partial charge in [0, 0.05) is 25.3 Å². The number of imide groups is 1. The van der Waals surface area contributed by atoms with E-state index in [-0.39, 0.29) is 37.8 Å². The summed E-state index contributed by atoms with van der Waals surface area (Å²) in [6.07, 6.45) is -1.50. The van der Waals surface area contributed by atoms with Gasteiger partial charge in [-0.3, -0.25) is 24.6 Å². The minimum Gasteiger partial charge on any atom is -0.509 e. The van der Waals surface area contributed by atoms with E-state index in [0.29, 0.717) is 11.3 Å². The van der Waals surface area contributed by atoms with Gasteiger partial charge in [-0.2, -0.15) is 0 Å². The minimum absolute atomic E-state index is 0.0222. The number of carbonyl (C=O) groups is 3. The lowest BCUT2D eigenvalue weighted by atomic mass is 9.53. The molecule has 14 nitrogen and oxygen atoms in total. The van der Waals surface area contributed by atoms with Gasteiger partial charge in [0.2, 0.25) is 17.5 Å². The molecule has 2 saturated heterocycles. The highest BCUT2D eigenvalue weighted by atomic mass is 16.8. The number of ether oxygens (including phenoxy) is 6. The third-order valence-corrected chi connectivity index (χ3v) is 9.56. The molecule has 1 aromatic carbocycles. The maximum Gasteiger partial charge on any atom is 0.307 e. The fraction of sp³-hybridized carbons (Fsp3) is 0.581. The second kappa shape index (κ2) is 10.9. The van der Waals surface area contributed by atoms with Gasteiger partial charge in [0.05, 0.1) is 57.2 Å². The van der Waals surface area contributed by atoms with E-state index in [4.69, 9.17) is 28.4 Å². The van der Waals surface area contributed by atoms with E-state index >= 15 is 0 Å². The summed E-state index contributed by atoms with van der Waals surface area (Å²) >= 11 is 0. The molecule has 1 aromatic rings. The number of hydrogen-bond acceptors (Lipinski definition) is 13. The summed E-state index contributed by atoms with van der Waals surface area (Å²) in [6.45, 7) is 4.04. The van der Waals surface area contributed by atoms with Gasteiger partial charge in [-0.15, -0.1) is 0 Å². The third-order valence-electron chi connectivity index (χ3n) is 9.56. The van der Waals surface area contributed by atoms with E-state index in [1.165, 1.54) is 7.11 Å². The van der Waals surface area contributed by atoms with E-state index in [2.05, 4.69) is 5.32 Å². The molecule has 14 heteroatoms. The Morgan fingerprint density at radius 2 is 1.67 bits per heavy atom. The molecule has 45 heavy (non-hydrogen) atoms. The number of likely N-dealkylation sites (N-methyl/N-ethyl adjacent to an activating group) is 1. The van der Waals surface area contributed by atoms with Crippen LogP contribution in [-0.4, -0.2) is 109 Å². The van der Waals surface area contributed by atoms with Gasteiger partial charge in [0.15, 0.2) is 5.60 Å². The molecule has 2 amide bonds. The summed E-state index contributed by atoms with van der Waals surface area (Å²) in [5.74, 6) is -10.4. The molecular weight excluding hydrogens is 592 g/mol. The minimum atomic E-state index is -2.71. The molecule has 5 aliphatic rings. The molecule has 2 heterocycles. The molecule has 2 fully saturated rings. The zero-order valence-electron chi connectivity index (χ0n) is 25.9. The monoisotopic (exact) mass is 630 g/mol. The van der Waals surface area contributed by atoms with Gasteiger partial charge in [-0.05, 0) is 31.6 Å². The summed E-state index contributed by atoms with van der Waals surface area (Å²) in [5, 5.41) is 40.4. The number of nitrogens with zero attached hydrogens (tertiary/aromatic N) is 1. The SMILES string of the molecule is COc1cccc2c1C1(OCCO1)C1=C(O)[C@@]3(O)[C@@H]([C@@H](O)[C@@H]1[C@H]2C)[C@H](N(C)C)C(OC(C)=O)=C(C(=O)NC(C)=O)C31OCCO1. The molecule has 6 atom stereocenters. The van der Waals surface area contributed by atoms with Crippen LogP contribution in [0.5, 0.6) is 5.75 Å². The Morgan fingerprint density at radius 3 is 2.22 bits per heavy atom. The van der Waals surface area contributed by atoms with Crippen molar-refractivity contribution in [1.82, 2.24) is 10.2 Å². The maximum absolute atomic E-state index is 13.9. The van der Waals surface area contributed by atoms with Crippen LogP contribution < -0.4 is 10.1 Å². The van der Waals surface area contributed by atoms with Crippen molar-refractivity contribution in [3.05, 3.63) is 52.0 Å². The van der Waals surface area contributed by atoms with Crippen LogP contribution >= 0.6 is 0 Å². The number of nitrogens with one attached hydrogen (secondary N) is 1. The van der Waals surface area contributed by atoms with Crippen molar-refractivity contribution in [2.45, 2.75) is 56.0 Å². The first-order chi connectivity index (χ1) is 21.3. The Labute approximate surface area is 259 Å². The Hall–Kier alpha value is -3.37. The Balaban J connectivity index is 1.74. The van der Waals surface area contributed by atoms with Gasteiger partial charge in [-0.1, -0.05) is 19.1 Å². The molecule has 2 spiro atoms. The predicted octanol–water partition coefficient (Wildman–Crippen LogP) is 0.329. The van der Waals surface area contributed by atoms with Crippen LogP contribution in [0.15, 0.2) is 40.9 Å². The molecule has 0 aromatic heterocycles. The lowest BCUT2D eigenvalue weighted by molar-refractivity contribution is -0.296. The Morgan fingerprint density at radius 1 is 1.04 bits per heavy atom. The van der Waals surface area contributed by atoms with E-state index in [0.717, 1.165) is 19.4 Å². The number of hydrogen-bond donors (Lipinski definition) is 4. The largest absolute Gasteiger partial charge is 0.509 e. The number of aliphatic hydroxyl groups is 3. The van der Waals surface area contributed by atoms with Crippen molar-refractivity contribution in [1.29, 1.82) is 0 Å². The van der Waals surface area contributed by atoms with Crippen molar-refractivity contribution < 1.29 is 58.1 Å². The highest BCUT2D eigenvalue weighted by molar-refractivity contribution is 6.06. The number of aliphatic hydroxyl groups excluding tert-OH is 2. The maximum atomic E-state index is 13.9. The highest BCUT2D eigenvalue weighted by Gasteiger charge is 2.77. The van der Waals surface area contributed by atoms with Crippen LogP contribution in [0, 0.1) is 11.8 Å². The van der Waals surface area contributed by atoms with Gasteiger partial charge < -0.3 is 43.7 Å². The molecule has 244 valence electrons. The van der Waals surface area contributed by atoms with Crippen molar-refractivity contribution in [3.8, 4) is 5.75 Å². The molecule has 0 radical (unpaired) electrons. The normalized spacial score (nSPS) is 32.8.